The molecular weight excluding hydrogens is 268 g/mol. The van der Waals surface area contributed by atoms with E-state index in [2.05, 4.69) is 33.8 Å². The highest BCUT2D eigenvalue weighted by Crippen LogP contribution is 2.26. The summed E-state index contributed by atoms with van der Waals surface area (Å²) in [5.74, 6) is 0. The summed E-state index contributed by atoms with van der Waals surface area (Å²) in [7, 11) is 0. The number of nitriles is 1. The molecule has 1 aliphatic rings. The molecule has 1 aromatic carbocycles. The zero-order valence-electron chi connectivity index (χ0n) is 9.11. The molecule has 0 radical (unpaired) electrons. The molecule has 1 atom stereocenters. The summed E-state index contributed by atoms with van der Waals surface area (Å²) in [6, 6.07) is 8.37. The smallest absolute Gasteiger partial charge is 0.100 e. The van der Waals surface area contributed by atoms with Crippen LogP contribution in [0.15, 0.2) is 22.7 Å². The number of morpholine rings is 1. The van der Waals surface area contributed by atoms with Crippen molar-refractivity contribution < 1.29 is 4.74 Å². The van der Waals surface area contributed by atoms with E-state index in [0.29, 0.717) is 11.6 Å². The van der Waals surface area contributed by atoms with Crippen LogP contribution in [0.25, 0.3) is 0 Å². The average molecular weight is 281 g/mol. The summed E-state index contributed by atoms with van der Waals surface area (Å²) in [5, 5.41) is 8.86. The summed E-state index contributed by atoms with van der Waals surface area (Å²) < 4.78 is 6.26. The fourth-order valence-corrected chi connectivity index (χ4v) is 2.34. The molecule has 2 rings (SSSR count). The van der Waals surface area contributed by atoms with E-state index in [9.17, 15) is 0 Å². The molecule has 1 unspecified atom stereocenters. The van der Waals surface area contributed by atoms with Crippen molar-refractivity contribution in [2.24, 2.45) is 0 Å². The van der Waals surface area contributed by atoms with Crippen LogP contribution >= 0.6 is 15.9 Å². The van der Waals surface area contributed by atoms with E-state index in [0.717, 1.165) is 29.9 Å². The minimum absolute atomic E-state index is 0.383. The quantitative estimate of drug-likeness (QED) is 0.793. The van der Waals surface area contributed by atoms with Gasteiger partial charge in [0.2, 0.25) is 0 Å². The second-order valence-corrected chi connectivity index (χ2v) is 4.75. The van der Waals surface area contributed by atoms with E-state index in [4.69, 9.17) is 10.00 Å². The van der Waals surface area contributed by atoms with Crippen LogP contribution in [0.5, 0.6) is 0 Å². The summed E-state index contributed by atoms with van der Waals surface area (Å²) in [6.07, 6.45) is 0. The van der Waals surface area contributed by atoms with Crippen LogP contribution in [0, 0.1) is 11.3 Å². The Balaban J connectivity index is 2.27. The first-order valence-corrected chi connectivity index (χ1v) is 6.05. The highest BCUT2D eigenvalue weighted by molar-refractivity contribution is 9.10. The zero-order chi connectivity index (χ0) is 11.5. The Morgan fingerprint density at radius 2 is 2.38 bits per heavy atom. The Labute approximate surface area is 104 Å². The van der Waals surface area contributed by atoms with Gasteiger partial charge in [0.15, 0.2) is 0 Å². The van der Waals surface area contributed by atoms with Gasteiger partial charge in [-0.25, -0.2) is 0 Å². The number of anilines is 1. The third-order valence-electron chi connectivity index (χ3n) is 2.77. The predicted molar refractivity (Wildman–Crippen MR) is 66.5 cm³/mol. The fourth-order valence-electron chi connectivity index (χ4n) is 1.88. The van der Waals surface area contributed by atoms with Crippen molar-refractivity contribution in [3.63, 3.8) is 0 Å². The van der Waals surface area contributed by atoms with Gasteiger partial charge in [0.05, 0.1) is 18.8 Å². The lowest BCUT2D eigenvalue weighted by Gasteiger charge is -2.35. The van der Waals surface area contributed by atoms with Gasteiger partial charge in [-0.2, -0.15) is 5.26 Å². The Bertz CT molecular complexity index is 428. The van der Waals surface area contributed by atoms with Crippen molar-refractivity contribution in [1.82, 2.24) is 0 Å². The van der Waals surface area contributed by atoms with Crippen molar-refractivity contribution in [3.05, 3.63) is 28.2 Å². The van der Waals surface area contributed by atoms with Gasteiger partial charge in [-0.3, -0.25) is 0 Å². The monoisotopic (exact) mass is 280 g/mol. The van der Waals surface area contributed by atoms with Crippen LogP contribution in [-0.2, 0) is 4.74 Å². The first-order chi connectivity index (χ1) is 7.72. The molecule has 4 heteroatoms. The van der Waals surface area contributed by atoms with Crippen molar-refractivity contribution >= 4 is 21.6 Å². The normalized spacial score (nSPS) is 20.6. The number of hydrogen-bond donors (Lipinski definition) is 0. The van der Waals surface area contributed by atoms with Gasteiger partial charge < -0.3 is 9.64 Å². The third kappa shape index (κ3) is 2.21. The van der Waals surface area contributed by atoms with Crippen LogP contribution in [0.2, 0.25) is 0 Å². The predicted octanol–water partition coefficient (Wildman–Crippen LogP) is 2.55. The maximum Gasteiger partial charge on any atom is 0.100 e. The Morgan fingerprint density at radius 1 is 1.56 bits per heavy atom. The van der Waals surface area contributed by atoms with Crippen LogP contribution < -0.4 is 4.90 Å². The van der Waals surface area contributed by atoms with Gasteiger partial charge in [0.25, 0.3) is 0 Å². The third-order valence-corrected chi connectivity index (χ3v) is 3.43. The lowest BCUT2D eigenvalue weighted by atomic mass is 10.1. The molecule has 0 spiro atoms. The van der Waals surface area contributed by atoms with Crippen LogP contribution in [0.3, 0.4) is 0 Å². The van der Waals surface area contributed by atoms with Gasteiger partial charge in [-0.1, -0.05) is 0 Å². The summed E-state index contributed by atoms with van der Waals surface area (Å²) in [5.41, 5.74) is 1.81. The molecule has 0 aliphatic carbocycles. The molecule has 0 amide bonds. The highest BCUT2D eigenvalue weighted by Gasteiger charge is 2.19. The average Bonchev–Trinajstić information content (AvgIpc) is 2.29. The maximum atomic E-state index is 8.86. The first-order valence-electron chi connectivity index (χ1n) is 5.26. The molecule has 16 heavy (non-hydrogen) atoms. The topological polar surface area (TPSA) is 36.3 Å². The molecule has 84 valence electrons. The molecule has 0 N–H and O–H groups in total. The van der Waals surface area contributed by atoms with Crippen molar-refractivity contribution in [3.8, 4) is 6.07 Å². The molecule has 1 heterocycles. The first kappa shape index (κ1) is 11.4. The maximum absolute atomic E-state index is 8.86. The summed E-state index contributed by atoms with van der Waals surface area (Å²) >= 11 is 3.41. The van der Waals surface area contributed by atoms with E-state index in [1.165, 1.54) is 0 Å². The lowest BCUT2D eigenvalue weighted by molar-refractivity contribution is 0.0989. The standard InChI is InChI=1S/C12H13BrN2O/c1-9-8-16-5-4-15(9)11-3-2-10(7-14)12(13)6-11/h2-3,6,9H,4-5,8H2,1H3. The zero-order valence-corrected chi connectivity index (χ0v) is 10.7. The number of benzene rings is 1. The molecular formula is C12H13BrN2O. The SMILES string of the molecule is CC1COCCN1c1ccc(C#N)c(Br)c1. The Hall–Kier alpha value is -1.05. The van der Waals surface area contributed by atoms with Crippen molar-refractivity contribution in [2.75, 3.05) is 24.7 Å². The van der Waals surface area contributed by atoms with Gasteiger partial charge in [-0.15, -0.1) is 0 Å². The molecule has 0 aromatic heterocycles. The lowest BCUT2D eigenvalue weighted by Crippen LogP contribution is -2.43. The molecule has 1 aromatic rings. The molecule has 1 fully saturated rings. The minimum Gasteiger partial charge on any atom is -0.377 e. The number of hydrogen-bond acceptors (Lipinski definition) is 3. The second-order valence-electron chi connectivity index (χ2n) is 3.89. The van der Waals surface area contributed by atoms with Crippen molar-refractivity contribution in [2.45, 2.75) is 13.0 Å². The van der Waals surface area contributed by atoms with E-state index >= 15 is 0 Å². The van der Waals surface area contributed by atoms with E-state index in [1.807, 2.05) is 18.2 Å². The molecule has 0 bridgehead atoms. The van der Waals surface area contributed by atoms with Gasteiger partial charge in [-0.05, 0) is 41.1 Å². The van der Waals surface area contributed by atoms with E-state index in [-0.39, 0.29) is 0 Å². The second kappa shape index (κ2) is 4.86. The Morgan fingerprint density at radius 3 is 3.00 bits per heavy atom. The minimum atomic E-state index is 0.383. The van der Waals surface area contributed by atoms with Crippen LogP contribution in [-0.4, -0.2) is 25.8 Å². The van der Waals surface area contributed by atoms with E-state index in [1.54, 1.807) is 0 Å². The van der Waals surface area contributed by atoms with Gasteiger partial charge in [0.1, 0.15) is 6.07 Å². The number of rotatable bonds is 1. The van der Waals surface area contributed by atoms with Gasteiger partial charge in [0, 0.05) is 22.7 Å². The van der Waals surface area contributed by atoms with E-state index < -0.39 is 0 Å². The van der Waals surface area contributed by atoms with Crippen LogP contribution in [0.1, 0.15) is 12.5 Å². The molecule has 1 aliphatic heterocycles. The molecule has 0 saturated carbocycles. The fraction of sp³-hybridized carbons (Fsp3) is 0.417. The highest BCUT2D eigenvalue weighted by atomic mass is 79.9. The number of ether oxygens (including phenoxy) is 1. The van der Waals surface area contributed by atoms with Crippen LogP contribution in [0.4, 0.5) is 5.69 Å². The number of halogens is 1. The summed E-state index contributed by atoms with van der Waals surface area (Å²) in [6.45, 7) is 4.57. The molecule has 1 saturated heterocycles. The van der Waals surface area contributed by atoms with Gasteiger partial charge >= 0.3 is 0 Å². The molecule has 3 nitrogen and oxygen atoms in total. The van der Waals surface area contributed by atoms with Crippen molar-refractivity contribution in [1.29, 1.82) is 5.26 Å². The Kier molecular flexibility index (Phi) is 3.47. The number of nitrogens with zero attached hydrogens (tertiary/aromatic N) is 2. The summed E-state index contributed by atoms with van der Waals surface area (Å²) in [4.78, 5) is 2.30. The largest absolute Gasteiger partial charge is 0.377 e.